The van der Waals surface area contributed by atoms with Crippen LogP contribution in [0.1, 0.15) is 61.9 Å². The molecule has 36 heavy (non-hydrogen) atoms. The van der Waals surface area contributed by atoms with Gasteiger partial charge in [-0.3, -0.25) is 14.5 Å². The van der Waals surface area contributed by atoms with E-state index in [1.807, 2.05) is 17.0 Å². The number of carbonyl (C=O) groups is 2. The van der Waals surface area contributed by atoms with Gasteiger partial charge in [0.1, 0.15) is 11.5 Å². The summed E-state index contributed by atoms with van der Waals surface area (Å²) in [5.41, 5.74) is 1.84. The number of hydrogen-bond acceptors (Lipinski definition) is 5. The van der Waals surface area contributed by atoms with Gasteiger partial charge in [-0.15, -0.1) is 0 Å². The fraction of sp³-hybridized carbons (Fsp3) is 0.517. The minimum atomic E-state index is -0.0696. The number of rotatable bonds is 8. The second kappa shape index (κ2) is 12.3. The van der Waals surface area contributed by atoms with Crippen LogP contribution in [0.3, 0.4) is 0 Å². The number of amides is 2. The van der Waals surface area contributed by atoms with Crippen LogP contribution in [0.25, 0.3) is 0 Å². The van der Waals surface area contributed by atoms with Crippen molar-refractivity contribution >= 4 is 11.8 Å². The molecule has 7 heteroatoms. The van der Waals surface area contributed by atoms with Crippen molar-refractivity contribution in [2.24, 2.45) is 0 Å². The highest BCUT2D eigenvalue weighted by atomic mass is 16.5. The number of benzene rings is 2. The van der Waals surface area contributed by atoms with Gasteiger partial charge < -0.3 is 19.7 Å². The Morgan fingerprint density at radius 3 is 2.31 bits per heavy atom. The van der Waals surface area contributed by atoms with Crippen LogP contribution in [-0.2, 0) is 11.3 Å². The molecule has 2 aromatic carbocycles. The maximum Gasteiger partial charge on any atom is 0.260 e. The number of hydrogen-bond donors (Lipinski definition) is 1. The van der Waals surface area contributed by atoms with E-state index in [2.05, 4.69) is 36.2 Å². The first-order chi connectivity index (χ1) is 17.4. The van der Waals surface area contributed by atoms with Crippen molar-refractivity contribution in [1.82, 2.24) is 15.1 Å². The van der Waals surface area contributed by atoms with E-state index in [4.69, 9.17) is 9.47 Å². The first kappa shape index (κ1) is 26.0. The summed E-state index contributed by atoms with van der Waals surface area (Å²) in [5.74, 6) is 1.43. The van der Waals surface area contributed by atoms with Crippen LogP contribution in [0.4, 0.5) is 0 Å². The summed E-state index contributed by atoms with van der Waals surface area (Å²) in [4.78, 5) is 29.8. The van der Waals surface area contributed by atoms with Gasteiger partial charge in [-0.2, -0.15) is 0 Å². The van der Waals surface area contributed by atoms with Crippen LogP contribution in [0, 0.1) is 0 Å². The number of likely N-dealkylation sites (tertiary alicyclic amines) is 2. The van der Waals surface area contributed by atoms with Crippen LogP contribution < -0.4 is 14.8 Å². The first-order valence-electron chi connectivity index (χ1n) is 13.1. The molecule has 2 aromatic rings. The van der Waals surface area contributed by atoms with E-state index in [1.165, 1.54) is 12.0 Å². The lowest BCUT2D eigenvalue weighted by molar-refractivity contribution is -0.139. The molecule has 0 aliphatic carbocycles. The Morgan fingerprint density at radius 1 is 0.944 bits per heavy atom. The van der Waals surface area contributed by atoms with Gasteiger partial charge in [-0.25, -0.2) is 0 Å². The van der Waals surface area contributed by atoms with Gasteiger partial charge in [0.05, 0.1) is 7.11 Å². The zero-order valence-corrected chi connectivity index (χ0v) is 21.7. The Morgan fingerprint density at radius 2 is 1.64 bits per heavy atom. The third-order valence-corrected chi connectivity index (χ3v) is 7.42. The Hall–Kier alpha value is -3.06. The zero-order valence-electron chi connectivity index (χ0n) is 21.7. The van der Waals surface area contributed by atoms with Crippen molar-refractivity contribution in [2.45, 2.75) is 70.6 Å². The van der Waals surface area contributed by atoms with Crippen LogP contribution in [0.2, 0.25) is 0 Å². The Labute approximate surface area is 214 Å². The summed E-state index contributed by atoms with van der Waals surface area (Å²) in [6.45, 7) is 7.00. The van der Waals surface area contributed by atoms with E-state index in [-0.39, 0.29) is 36.5 Å². The van der Waals surface area contributed by atoms with Crippen LogP contribution >= 0.6 is 0 Å². The molecule has 2 saturated heterocycles. The molecule has 2 unspecified atom stereocenters. The highest BCUT2D eigenvalue weighted by molar-refractivity contribution is 5.94. The van der Waals surface area contributed by atoms with E-state index in [9.17, 15) is 9.59 Å². The SMILES string of the molecule is COc1cccc(CN2CCC(NC(=O)c3ccc(OCC(=O)N4C(C)CCCC4C)cc3)CC2)c1. The van der Waals surface area contributed by atoms with Crippen molar-refractivity contribution in [3.05, 3.63) is 59.7 Å². The van der Waals surface area contributed by atoms with Gasteiger partial charge in [0.15, 0.2) is 6.61 Å². The van der Waals surface area contributed by atoms with Crippen LogP contribution in [-0.4, -0.2) is 66.5 Å². The van der Waals surface area contributed by atoms with Gasteiger partial charge in [-0.1, -0.05) is 12.1 Å². The van der Waals surface area contributed by atoms with Crippen molar-refractivity contribution in [1.29, 1.82) is 0 Å². The molecule has 2 atom stereocenters. The second-order valence-electron chi connectivity index (χ2n) is 10.1. The van der Waals surface area contributed by atoms with E-state index >= 15 is 0 Å². The molecule has 0 saturated carbocycles. The van der Waals surface area contributed by atoms with Gasteiger partial charge in [0, 0.05) is 43.3 Å². The standard InChI is InChI=1S/C29H39N3O4/c1-21-6-4-7-22(2)32(21)28(33)20-36-26-12-10-24(11-13-26)29(34)30-25-14-16-31(17-15-25)19-23-8-5-9-27(18-23)35-3/h5,8-13,18,21-22,25H,4,6-7,14-17,19-20H2,1-3H3,(H,30,34). The highest BCUT2D eigenvalue weighted by Crippen LogP contribution is 2.23. The molecule has 2 aliphatic heterocycles. The minimum Gasteiger partial charge on any atom is -0.497 e. The minimum absolute atomic E-state index is 0.0224. The fourth-order valence-corrected chi connectivity index (χ4v) is 5.37. The lowest BCUT2D eigenvalue weighted by Gasteiger charge is -2.38. The molecule has 0 aromatic heterocycles. The molecule has 1 N–H and O–H groups in total. The van der Waals surface area contributed by atoms with Gasteiger partial charge in [-0.05, 0) is 87.9 Å². The van der Waals surface area contributed by atoms with Gasteiger partial charge in [0.2, 0.25) is 0 Å². The fourth-order valence-electron chi connectivity index (χ4n) is 5.37. The molecule has 2 amide bonds. The van der Waals surface area contributed by atoms with Gasteiger partial charge in [0.25, 0.3) is 11.8 Å². The zero-order chi connectivity index (χ0) is 25.5. The number of methoxy groups -OCH3 is 1. The van der Waals surface area contributed by atoms with Crippen molar-refractivity contribution in [3.63, 3.8) is 0 Å². The molecule has 0 radical (unpaired) electrons. The van der Waals surface area contributed by atoms with Crippen molar-refractivity contribution < 1.29 is 19.1 Å². The van der Waals surface area contributed by atoms with Gasteiger partial charge >= 0.3 is 0 Å². The lowest BCUT2D eigenvalue weighted by atomic mass is 9.97. The Kier molecular flexibility index (Phi) is 8.86. The van der Waals surface area contributed by atoms with Crippen LogP contribution in [0.5, 0.6) is 11.5 Å². The number of nitrogens with one attached hydrogen (secondary N) is 1. The third kappa shape index (κ3) is 6.78. The second-order valence-corrected chi connectivity index (χ2v) is 10.1. The third-order valence-electron chi connectivity index (χ3n) is 7.42. The predicted molar refractivity (Wildman–Crippen MR) is 140 cm³/mol. The highest BCUT2D eigenvalue weighted by Gasteiger charge is 2.29. The topological polar surface area (TPSA) is 71.1 Å². The quantitative estimate of drug-likeness (QED) is 0.595. The molecule has 2 fully saturated rings. The molecule has 4 rings (SSSR count). The average Bonchev–Trinajstić information content (AvgIpc) is 2.89. The molecule has 0 spiro atoms. The molecular weight excluding hydrogens is 454 g/mol. The summed E-state index contributed by atoms with van der Waals surface area (Å²) in [5, 5.41) is 3.17. The maximum atomic E-state index is 12.8. The number of ether oxygens (including phenoxy) is 2. The normalized spacial score (nSPS) is 21.1. The van der Waals surface area contributed by atoms with E-state index in [0.717, 1.165) is 51.1 Å². The summed E-state index contributed by atoms with van der Waals surface area (Å²) in [7, 11) is 1.69. The summed E-state index contributed by atoms with van der Waals surface area (Å²) in [6.07, 6.45) is 5.10. The summed E-state index contributed by atoms with van der Waals surface area (Å²) in [6, 6.07) is 15.9. The van der Waals surface area contributed by atoms with Crippen molar-refractivity contribution in [3.8, 4) is 11.5 Å². The molecule has 2 heterocycles. The average molecular weight is 494 g/mol. The molecule has 194 valence electrons. The molecule has 7 nitrogen and oxygen atoms in total. The van der Waals surface area contributed by atoms with E-state index in [1.54, 1.807) is 31.4 Å². The number of carbonyl (C=O) groups excluding carboxylic acids is 2. The molecule has 0 bridgehead atoms. The lowest BCUT2D eigenvalue weighted by Crippen LogP contribution is -2.49. The smallest absolute Gasteiger partial charge is 0.260 e. The number of nitrogens with zero attached hydrogens (tertiary/aromatic N) is 2. The monoisotopic (exact) mass is 493 g/mol. The van der Waals surface area contributed by atoms with E-state index in [0.29, 0.717) is 11.3 Å². The molecule has 2 aliphatic rings. The summed E-state index contributed by atoms with van der Waals surface area (Å²) >= 11 is 0. The Balaban J connectivity index is 1.20. The Bertz CT molecular complexity index is 1010. The largest absolute Gasteiger partial charge is 0.497 e. The van der Waals surface area contributed by atoms with E-state index < -0.39 is 0 Å². The number of piperidine rings is 2. The summed E-state index contributed by atoms with van der Waals surface area (Å²) < 4.78 is 11.1. The van der Waals surface area contributed by atoms with Crippen LogP contribution in [0.15, 0.2) is 48.5 Å². The predicted octanol–water partition coefficient (Wildman–Crippen LogP) is 4.26. The van der Waals surface area contributed by atoms with Crippen molar-refractivity contribution in [2.75, 3.05) is 26.8 Å². The first-order valence-corrected chi connectivity index (χ1v) is 13.1. The maximum absolute atomic E-state index is 12.8. The molecular formula is C29H39N3O4.